The molecule has 6 unspecified atom stereocenters. The number of primary amides is 1. The van der Waals surface area contributed by atoms with E-state index in [4.69, 9.17) is 16.9 Å². The summed E-state index contributed by atoms with van der Waals surface area (Å²) in [7, 11) is 0. The van der Waals surface area contributed by atoms with E-state index in [1.54, 1.807) is 0 Å². The predicted octanol–water partition coefficient (Wildman–Crippen LogP) is 3.16. The lowest BCUT2D eigenvalue weighted by Crippen LogP contribution is -2.51. The second kappa shape index (κ2) is 10.2. The lowest BCUT2D eigenvalue weighted by molar-refractivity contribution is -0.127. The fourth-order valence-electron chi connectivity index (χ4n) is 8.42. The Morgan fingerprint density at radius 1 is 0.794 bits per heavy atom. The van der Waals surface area contributed by atoms with E-state index in [1.165, 1.54) is 38.5 Å². The lowest BCUT2D eigenvalue weighted by atomic mass is 9.77. The van der Waals surface area contributed by atoms with Gasteiger partial charge < -0.3 is 16.8 Å². The van der Waals surface area contributed by atoms with Crippen molar-refractivity contribution in [2.24, 2.45) is 47.0 Å². The molecule has 1 saturated heterocycles. The number of carbonyl (C=O) groups is 2. The van der Waals surface area contributed by atoms with Gasteiger partial charge in [0.05, 0.1) is 11.9 Å². The molecule has 34 heavy (non-hydrogen) atoms. The molecule has 0 aromatic carbocycles. The molecule has 1 aliphatic heterocycles. The molecule has 1 heterocycles. The van der Waals surface area contributed by atoms with Gasteiger partial charge in [-0.2, -0.15) is 0 Å². The Hall–Kier alpha value is -1.63. The molecule has 7 nitrogen and oxygen atoms in total. The van der Waals surface area contributed by atoms with Crippen LogP contribution in [0.2, 0.25) is 0 Å². The van der Waals surface area contributed by atoms with Crippen LogP contribution in [-0.4, -0.2) is 47.2 Å². The number of nitrogens with zero attached hydrogens (tertiary/aromatic N) is 1. The van der Waals surface area contributed by atoms with E-state index in [0.29, 0.717) is 29.8 Å². The van der Waals surface area contributed by atoms with Gasteiger partial charge in [0.2, 0.25) is 11.8 Å². The largest absolute Gasteiger partial charge is 0.387 e. The van der Waals surface area contributed by atoms with Crippen molar-refractivity contribution in [1.29, 1.82) is 5.41 Å². The SMILES string of the molecule is N=C(N)C1CCC2CC(C(=O)NC3CC4CCCCC4C3)N(CC3CCC(C(N)=O)CC3)C2C1. The minimum Gasteiger partial charge on any atom is -0.387 e. The lowest BCUT2D eigenvalue weighted by Gasteiger charge is -2.39. The van der Waals surface area contributed by atoms with Crippen LogP contribution in [0, 0.1) is 40.9 Å². The first-order chi connectivity index (χ1) is 16.4. The highest BCUT2D eigenvalue weighted by molar-refractivity contribution is 5.83. The predicted molar refractivity (Wildman–Crippen MR) is 133 cm³/mol. The summed E-state index contributed by atoms with van der Waals surface area (Å²) >= 11 is 0. The number of amides is 2. The maximum absolute atomic E-state index is 13.7. The first-order valence-corrected chi connectivity index (χ1v) is 14.1. The Kier molecular flexibility index (Phi) is 7.19. The Labute approximate surface area is 204 Å². The van der Waals surface area contributed by atoms with Crippen LogP contribution in [0.3, 0.4) is 0 Å². The number of nitrogens with one attached hydrogen (secondary N) is 2. The summed E-state index contributed by atoms with van der Waals surface area (Å²) in [6.45, 7) is 0.922. The standard InChI is InChI=1S/C27H45N5O2/c28-25(29)21-10-9-20-13-24(27(34)31-22-11-18-3-1-2-4-19(18)12-22)32(23(20)14-21)15-16-5-7-17(8-6-16)26(30)33/h16-24H,1-15H2,(H3,28,29)(H2,30,33)(H,31,34). The van der Waals surface area contributed by atoms with Crippen molar-refractivity contribution in [1.82, 2.24) is 10.2 Å². The van der Waals surface area contributed by atoms with Gasteiger partial charge in [0, 0.05) is 30.5 Å². The average molecular weight is 472 g/mol. The highest BCUT2D eigenvalue weighted by Crippen LogP contribution is 2.45. The van der Waals surface area contributed by atoms with Crippen molar-refractivity contribution in [3.05, 3.63) is 0 Å². The van der Waals surface area contributed by atoms with Gasteiger partial charge in [-0.25, -0.2) is 0 Å². The first kappa shape index (κ1) is 24.1. The number of hydrogen-bond acceptors (Lipinski definition) is 4. The summed E-state index contributed by atoms with van der Waals surface area (Å²) in [5.74, 6) is 3.22. The van der Waals surface area contributed by atoms with E-state index in [1.807, 2.05) is 0 Å². The summed E-state index contributed by atoms with van der Waals surface area (Å²) in [5.41, 5.74) is 11.5. The number of carbonyl (C=O) groups excluding carboxylic acids is 2. The molecule has 4 saturated carbocycles. The normalized spacial score (nSPS) is 42.5. The topological polar surface area (TPSA) is 125 Å². The van der Waals surface area contributed by atoms with Crippen LogP contribution in [0.25, 0.3) is 0 Å². The molecule has 5 aliphatic rings. The summed E-state index contributed by atoms with van der Waals surface area (Å²) in [5, 5.41) is 11.5. The summed E-state index contributed by atoms with van der Waals surface area (Å²) < 4.78 is 0. The van der Waals surface area contributed by atoms with Crippen LogP contribution in [0.5, 0.6) is 0 Å². The highest BCUT2D eigenvalue weighted by atomic mass is 16.2. The molecular formula is C27H45N5O2. The van der Waals surface area contributed by atoms with Crippen LogP contribution in [-0.2, 0) is 9.59 Å². The van der Waals surface area contributed by atoms with E-state index in [2.05, 4.69) is 10.2 Å². The molecule has 0 aromatic heterocycles. The number of hydrogen-bond donors (Lipinski definition) is 4. The number of amidine groups is 1. The maximum atomic E-state index is 13.7. The molecule has 0 bridgehead atoms. The molecule has 6 atom stereocenters. The Balaban J connectivity index is 1.26. The van der Waals surface area contributed by atoms with E-state index in [0.717, 1.165) is 69.7 Å². The van der Waals surface area contributed by atoms with Gasteiger partial charge in [-0.1, -0.05) is 25.7 Å². The smallest absolute Gasteiger partial charge is 0.237 e. The van der Waals surface area contributed by atoms with Crippen molar-refractivity contribution < 1.29 is 9.59 Å². The minimum atomic E-state index is -0.161. The maximum Gasteiger partial charge on any atom is 0.237 e. The zero-order chi connectivity index (χ0) is 23.8. The molecule has 5 rings (SSSR count). The molecule has 0 aromatic rings. The number of fused-ring (bicyclic) bond motifs is 2. The second-order valence-corrected chi connectivity index (χ2v) is 12.3. The quantitative estimate of drug-likeness (QED) is 0.351. The van der Waals surface area contributed by atoms with Crippen molar-refractivity contribution in [2.75, 3.05) is 6.54 Å². The van der Waals surface area contributed by atoms with Gasteiger partial charge in [-0.05, 0) is 87.9 Å². The summed E-state index contributed by atoms with van der Waals surface area (Å²) in [4.78, 5) is 27.8. The molecular weight excluding hydrogens is 426 g/mol. The molecule has 4 aliphatic carbocycles. The fourth-order valence-corrected chi connectivity index (χ4v) is 8.42. The Morgan fingerprint density at radius 3 is 2.06 bits per heavy atom. The third kappa shape index (κ3) is 5.00. The first-order valence-electron chi connectivity index (χ1n) is 14.1. The third-order valence-corrected chi connectivity index (χ3v) is 10.4. The van der Waals surface area contributed by atoms with E-state index in [-0.39, 0.29) is 29.7 Å². The van der Waals surface area contributed by atoms with Gasteiger partial charge >= 0.3 is 0 Å². The van der Waals surface area contributed by atoms with Crippen LogP contribution in [0.4, 0.5) is 0 Å². The van der Waals surface area contributed by atoms with Crippen LogP contribution in [0.1, 0.15) is 89.9 Å². The molecule has 5 fully saturated rings. The molecule has 0 spiro atoms. The van der Waals surface area contributed by atoms with Crippen LogP contribution < -0.4 is 16.8 Å². The number of rotatable bonds is 6. The molecule has 2 amide bonds. The number of nitrogens with two attached hydrogens (primary N) is 2. The van der Waals surface area contributed by atoms with E-state index >= 15 is 0 Å². The van der Waals surface area contributed by atoms with Gasteiger partial charge in [-0.3, -0.25) is 19.9 Å². The monoisotopic (exact) mass is 471 g/mol. The van der Waals surface area contributed by atoms with Crippen molar-refractivity contribution in [2.45, 2.75) is 108 Å². The number of likely N-dealkylation sites (tertiary alicyclic amines) is 1. The zero-order valence-corrected chi connectivity index (χ0v) is 20.7. The average Bonchev–Trinajstić information content (AvgIpc) is 3.39. The van der Waals surface area contributed by atoms with Crippen molar-refractivity contribution in [3.8, 4) is 0 Å². The van der Waals surface area contributed by atoms with E-state index < -0.39 is 0 Å². The summed E-state index contributed by atoms with van der Waals surface area (Å²) in [6, 6.07) is 0.636. The van der Waals surface area contributed by atoms with Crippen LogP contribution in [0.15, 0.2) is 0 Å². The minimum absolute atomic E-state index is 0.0179. The van der Waals surface area contributed by atoms with Gasteiger partial charge in [-0.15, -0.1) is 0 Å². The van der Waals surface area contributed by atoms with Crippen molar-refractivity contribution in [3.63, 3.8) is 0 Å². The van der Waals surface area contributed by atoms with Crippen molar-refractivity contribution >= 4 is 17.6 Å². The molecule has 7 heteroatoms. The summed E-state index contributed by atoms with van der Waals surface area (Å²) in [6.07, 6.45) is 15.4. The van der Waals surface area contributed by atoms with Gasteiger partial charge in [0.15, 0.2) is 0 Å². The fraction of sp³-hybridized carbons (Fsp3) is 0.889. The Bertz CT molecular complexity index is 765. The second-order valence-electron chi connectivity index (χ2n) is 12.3. The van der Waals surface area contributed by atoms with E-state index in [9.17, 15) is 9.59 Å². The van der Waals surface area contributed by atoms with Gasteiger partial charge in [0.1, 0.15) is 0 Å². The molecule has 190 valence electrons. The van der Waals surface area contributed by atoms with Gasteiger partial charge in [0.25, 0.3) is 0 Å². The van der Waals surface area contributed by atoms with Crippen LogP contribution >= 0.6 is 0 Å². The molecule has 6 N–H and O–H groups in total. The molecule has 0 radical (unpaired) electrons. The zero-order valence-electron chi connectivity index (χ0n) is 20.7. The third-order valence-electron chi connectivity index (χ3n) is 10.4. The Morgan fingerprint density at radius 2 is 1.44 bits per heavy atom. The highest BCUT2D eigenvalue weighted by Gasteiger charge is 2.48.